The fourth-order valence-corrected chi connectivity index (χ4v) is 6.07. The Hall–Kier alpha value is -3.52. The van der Waals surface area contributed by atoms with Gasteiger partial charge in [0.15, 0.2) is 17.5 Å². The van der Waals surface area contributed by atoms with Crippen LogP contribution >= 0.6 is 0 Å². The van der Waals surface area contributed by atoms with E-state index in [0.29, 0.717) is 23.8 Å². The molecule has 4 atom stereocenters. The van der Waals surface area contributed by atoms with E-state index in [9.17, 15) is 0 Å². The van der Waals surface area contributed by atoms with Gasteiger partial charge in [-0.15, -0.1) is 0 Å². The summed E-state index contributed by atoms with van der Waals surface area (Å²) >= 11 is 0. The topological polar surface area (TPSA) is 161 Å². The molecule has 12 heteroatoms. The maximum atomic E-state index is 8.63. The molecule has 2 heterocycles. The number of allylic oxidation sites excluding steroid dienone is 6. The van der Waals surface area contributed by atoms with E-state index in [1.165, 1.54) is 33.8 Å². The molecule has 2 N–H and O–H groups in total. The maximum Gasteiger partial charge on any atom is 0.216 e. The lowest BCUT2D eigenvalue weighted by molar-refractivity contribution is -0.548. The Labute approximate surface area is 233 Å². The average molecular weight is 585 g/mol. The van der Waals surface area contributed by atoms with Crippen molar-refractivity contribution in [3.8, 4) is 0 Å². The van der Waals surface area contributed by atoms with E-state index in [2.05, 4.69) is 120 Å². The van der Waals surface area contributed by atoms with Gasteiger partial charge >= 0.3 is 0 Å². The number of hydrogen-bond acceptors (Lipinski definition) is 6. The van der Waals surface area contributed by atoms with Crippen LogP contribution in [-0.2, 0) is 20.8 Å². The number of hydrogen-bond donors (Lipinski definition) is 2. The van der Waals surface area contributed by atoms with Crippen LogP contribution in [0.4, 0.5) is 0 Å². The van der Waals surface area contributed by atoms with E-state index in [0.717, 1.165) is 0 Å². The summed E-state index contributed by atoms with van der Waals surface area (Å²) in [5, 5.41) is 0. The van der Waals surface area contributed by atoms with Crippen LogP contribution < -0.4 is 0 Å². The van der Waals surface area contributed by atoms with Gasteiger partial charge in [0.25, 0.3) is 0 Å². The van der Waals surface area contributed by atoms with Crippen LogP contribution in [0, 0.1) is 17.8 Å². The van der Waals surface area contributed by atoms with Crippen LogP contribution in [-0.4, -0.2) is 75.8 Å². The molecule has 10 nitrogen and oxygen atoms in total. The van der Waals surface area contributed by atoms with Crippen molar-refractivity contribution < 1.29 is 44.2 Å². The zero-order chi connectivity index (χ0) is 29.2. The van der Waals surface area contributed by atoms with Crippen molar-refractivity contribution in [1.29, 1.82) is 0 Å². The van der Waals surface area contributed by atoms with Gasteiger partial charge in [-0.05, 0) is 30.3 Å². The summed E-state index contributed by atoms with van der Waals surface area (Å²) in [6.45, 7) is 0. The van der Waals surface area contributed by atoms with Gasteiger partial charge in [0.1, 0.15) is 14.1 Å². The first-order valence-electron chi connectivity index (χ1n) is 12.2. The summed E-state index contributed by atoms with van der Waals surface area (Å²) in [7, 11) is -5.31. The fraction of sp³-hybridized carbons (Fsp3) is 0.214. The molecule has 2 aromatic carbocycles. The quantitative estimate of drug-likeness (QED) is 0.309. The Morgan fingerprint density at radius 1 is 0.725 bits per heavy atom. The number of rotatable bonds is 2. The van der Waals surface area contributed by atoms with E-state index in [4.69, 9.17) is 35.0 Å². The lowest BCUT2D eigenvalue weighted by Crippen LogP contribution is -2.55. The molecule has 0 saturated heterocycles. The van der Waals surface area contributed by atoms with Gasteiger partial charge in [0.05, 0.1) is 17.8 Å². The fourth-order valence-electron chi connectivity index (χ4n) is 6.07. The monoisotopic (exact) mass is 584 g/mol. The zero-order valence-electron chi connectivity index (χ0n) is 21.6. The zero-order valence-corrected chi connectivity index (χ0v) is 23.2. The first-order chi connectivity index (χ1) is 18.8. The average Bonchev–Trinajstić information content (AvgIpc) is 2.88. The van der Waals surface area contributed by atoms with Gasteiger partial charge in [0.2, 0.25) is 26.5 Å². The van der Waals surface area contributed by atoms with Gasteiger partial charge < -0.3 is 9.11 Å². The first kappa shape index (κ1) is 29.5. The highest BCUT2D eigenvalue weighted by molar-refractivity contribution is 7.80. The number of benzene rings is 2. The molecule has 2 aliphatic heterocycles. The summed E-state index contributed by atoms with van der Waals surface area (Å²) in [6, 6.07) is 22.2. The predicted octanol–water partition coefficient (Wildman–Crippen LogP) is 2.45. The van der Waals surface area contributed by atoms with Crippen LogP contribution in [0.5, 0.6) is 0 Å². The second-order valence-electron chi connectivity index (χ2n) is 9.54. The van der Waals surface area contributed by atoms with Gasteiger partial charge in [-0.2, -0.15) is 4.58 Å². The smallest absolute Gasteiger partial charge is 0.216 e. The Balaban J connectivity index is 0.000000321. The standard InChI is InChI=1S/C28H26N2.2H2O4S/c1-29-23-17-9-16-22-25(23)26-21(27(29)19-11-5-3-6-12-19)15-10-18-24(26)30(2)28(22)20-13-7-4-8-14-20;2*1-5(2,3)4/h3-18,21,23,25-26H,1-2H3;2*(H2,1,2,3,4)/q+2;;/p-2. The Morgan fingerprint density at radius 3 is 1.77 bits per heavy atom. The molecule has 0 amide bonds. The first-order valence-corrected chi connectivity index (χ1v) is 14.9. The van der Waals surface area contributed by atoms with E-state index in [1.807, 2.05) is 0 Å². The van der Waals surface area contributed by atoms with Gasteiger partial charge in [-0.1, -0.05) is 60.7 Å². The van der Waals surface area contributed by atoms with Crippen LogP contribution in [0.1, 0.15) is 11.1 Å². The highest BCUT2D eigenvalue weighted by Gasteiger charge is 2.58. The molecule has 210 valence electrons. The van der Waals surface area contributed by atoms with Crippen LogP contribution in [0.25, 0.3) is 0 Å². The molecule has 0 radical (unpaired) electrons. The van der Waals surface area contributed by atoms with Crippen molar-refractivity contribution in [2.24, 2.45) is 17.8 Å². The molecule has 6 rings (SSSR count). The Morgan fingerprint density at radius 2 is 1.23 bits per heavy atom. The number of nitrogens with zero attached hydrogens (tertiary/aromatic N) is 2. The van der Waals surface area contributed by atoms with Crippen molar-refractivity contribution in [3.05, 3.63) is 120 Å². The minimum Gasteiger partial charge on any atom is -0.726 e. The Bertz CT molecular complexity index is 1640. The lowest BCUT2D eigenvalue weighted by Gasteiger charge is -2.43. The molecule has 2 aliphatic carbocycles. The Kier molecular flexibility index (Phi) is 8.49. The SMILES string of the molecule is C[N+]1=C(c2ccccc2)C2=CC=CC3C2C2C1=CC=CC2C(c1ccccc1)=[N+]3C.O=S(=O)([O-])O.O=S(=O)([O-])O. The van der Waals surface area contributed by atoms with E-state index < -0.39 is 20.8 Å². The highest BCUT2D eigenvalue weighted by atomic mass is 32.3. The van der Waals surface area contributed by atoms with E-state index in [-0.39, 0.29) is 0 Å². The molecule has 0 aromatic heterocycles. The third-order valence-corrected chi connectivity index (χ3v) is 7.27. The minimum atomic E-state index is -4.92. The minimum absolute atomic E-state index is 0.365. The van der Waals surface area contributed by atoms with E-state index >= 15 is 0 Å². The molecule has 0 saturated carbocycles. The van der Waals surface area contributed by atoms with Crippen LogP contribution in [0.15, 0.2) is 108 Å². The third-order valence-electron chi connectivity index (χ3n) is 7.27. The van der Waals surface area contributed by atoms with Crippen molar-refractivity contribution in [2.45, 2.75) is 6.04 Å². The molecule has 4 aliphatic rings. The van der Waals surface area contributed by atoms with Crippen molar-refractivity contribution in [1.82, 2.24) is 0 Å². The molecular formula is C28H28N2O8S2. The largest absolute Gasteiger partial charge is 0.726 e. The molecule has 0 fully saturated rings. The number of likely N-dealkylation sites (N-methyl/N-ethyl adjacent to an activating group) is 1. The second kappa shape index (κ2) is 11.5. The second-order valence-corrected chi connectivity index (χ2v) is 11.3. The summed E-state index contributed by atoms with van der Waals surface area (Å²) < 4.78 is 70.6. The van der Waals surface area contributed by atoms with Crippen molar-refractivity contribution >= 4 is 32.2 Å². The van der Waals surface area contributed by atoms with Crippen molar-refractivity contribution in [3.63, 3.8) is 0 Å². The summed E-state index contributed by atoms with van der Waals surface area (Å²) in [5.41, 5.74) is 8.32. The molecule has 2 aromatic rings. The molecular weight excluding hydrogens is 556 g/mol. The normalized spacial score (nSPS) is 24.6. The predicted molar refractivity (Wildman–Crippen MR) is 147 cm³/mol. The van der Waals surface area contributed by atoms with E-state index in [1.54, 1.807) is 0 Å². The summed E-state index contributed by atoms with van der Waals surface area (Å²) in [4.78, 5) is 0. The maximum absolute atomic E-state index is 8.63. The van der Waals surface area contributed by atoms with Crippen LogP contribution in [0.3, 0.4) is 0 Å². The van der Waals surface area contributed by atoms with Gasteiger partial charge in [0, 0.05) is 22.8 Å². The molecule has 40 heavy (non-hydrogen) atoms. The van der Waals surface area contributed by atoms with Gasteiger partial charge in [-0.3, -0.25) is 9.11 Å². The molecule has 0 bridgehead atoms. The van der Waals surface area contributed by atoms with Crippen molar-refractivity contribution in [2.75, 3.05) is 14.1 Å². The summed E-state index contributed by atoms with van der Waals surface area (Å²) in [6.07, 6.45) is 14.0. The third kappa shape index (κ3) is 6.61. The molecule has 4 unspecified atom stereocenters. The summed E-state index contributed by atoms with van der Waals surface area (Å²) in [5.74, 6) is 1.30. The van der Waals surface area contributed by atoms with Gasteiger partial charge in [-0.25, -0.2) is 21.4 Å². The highest BCUT2D eigenvalue weighted by Crippen LogP contribution is 2.48. The molecule has 0 spiro atoms. The lowest BCUT2D eigenvalue weighted by atomic mass is 9.61. The van der Waals surface area contributed by atoms with Crippen LogP contribution in [0.2, 0.25) is 0 Å².